The molecule has 22 heavy (non-hydrogen) atoms. The van der Waals surface area contributed by atoms with Crippen molar-refractivity contribution in [2.75, 3.05) is 30.9 Å². The third kappa shape index (κ3) is 3.69. The smallest absolute Gasteiger partial charge is 0.251 e. The number of hydrogen-bond acceptors (Lipinski definition) is 4. The van der Waals surface area contributed by atoms with E-state index in [2.05, 4.69) is 16.0 Å². The summed E-state index contributed by atoms with van der Waals surface area (Å²) in [6.45, 7) is 4.39. The summed E-state index contributed by atoms with van der Waals surface area (Å²) in [4.78, 5) is 25.9. The molecular formula is C15H23ClN4O2. The fourth-order valence-corrected chi connectivity index (χ4v) is 2.16. The molecule has 122 valence electrons. The van der Waals surface area contributed by atoms with Gasteiger partial charge in [0.05, 0.1) is 11.4 Å². The van der Waals surface area contributed by atoms with Crippen LogP contribution in [0.3, 0.4) is 0 Å². The van der Waals surface area contributed by atoms with Gasteiger partial charge >= 0.3 is 0 Å². The third-order valence-corrected chi connectivity index (χ3v) is 3.92. The van der Waals surface area contributed by atoms with Crippen molar-refractivity contribution in [2.45, 2.75) is 25.9 Å². The number of hydrogen-bond donors (Lipinski definition) is 3. The maximum atomic E-state index is 12.1. The van der Waals surface area contributed by atoms with Crippen molar-refractivity contribution >= 4 is 35.6 Å². The van der Waals surface area contributed by atoms with Crippen LogP contribution in [0.15, 0.2) is 18.2 Å². The van der Waals surface area contributed by atoms with Gasteiger partial charge in [0.1, 0.15) is 6.04 Å². The molecule has 0 fully saturated rings. The van der Waals surface area contributed by atoms with Crippen molar-refractivity contribution < 1.29 is 9.59 Å². The van der Waals surface area contributed by atoms with Gasteiger partial charge in [-0.1, -0.05) is 0 Å². The summed E-state index contributed by atoms with van der Waals surface area (Å²) in [7, 11) is 3.72. The van der Waals surface area contributed by atoms with Gasteiger partial charge in [-0.3, -0.25) is 9.59 Å². The molecule has 0 aromatic heterocycles. The second-order valence-electron chi connectivity index (χ2n) is 5.41. The highest BCUT2D eigenvalue weighted by molar-refractivity contribution is 6.05. The van der Waals surface area contributed by atoms with E-state index in [1.54, 1.807) is 12.1 Å². The largest absolute Gasteiger partial charge is 0.361 e. The maximum Gasteiger partial charge on any atom is 0.251 e. The fraction of sp³-hybridized carbons (Fsp3) is 0.467. The Labute approximate surface area is 137 Å². The van der Waals surface area contributed by atoms with E-state index in [-0.39, 0.29) is 36.3 Å². The highest BCUT2D eigenvalue weighted by atomic mass is 35.5. The molecule has 3 N–H and O–H groups in total. The van der Waals surface area contributed by atoms with Gasteiger partial charge in [-0.25, -0.2) is 0 Å². The van der Waals surface area contributed by atoms with E-state index in [1.165, 1.54) is 0 Å². The van der Waals surface area contributed by atoms with Crippen molar-refractivity contribution in [3.05, 3.63) is 23.8 Å². The highest BCUT2D eigenvalue weighted by Crippen LogP contribution is 2.31. The van der Waals surface area contributed by atoms with Gasteiger partial charge < -0.3 is 20.9 Å². The first-order valence-corrected chi connectivity index (χ1v) is 7.07. The van der Waals surface area contributed by atoms with Crippen molar-refractivity contribution in [3.63, 3.8) is 0 Å². The molecule has 7 heteroatoms. The van der Waals surface area contributed by atoms with E-state index in [1.807, 2.05) is 38.9 Å². The van der Waals surface area contributed by atoms with Gasteiger partial charge in [0, 0.05) is 25.2 Å². The summed E-state index contributed by atoms with van der Waals surface area (Å²) in [5, 5.41) is 8.76. The molecule has 2 atom stereocenters. The molecule has 0 spiro atoms. The Morgan fingerprint density at radius 3 is 2.77 bits per heavy atom. The molecule has 2 rings (SSSR count). The van der Waals surface area contributed by atoms with E-state index in [0.29, 0.717) is 17.8 Å². The number of fused-ring (bicyclic) bond motifs is 1. The van der Waals surface area contributed by atoms with Gasteiger partial charge in [-0.05, 0) is 39.1 Å². The van der Waals surface area contributed by atoms with E-state index in [0.717, 1.165) is 5.69 Å². The van der Waals surface area contributed by atoms with Crippen molar-refractivity contribution in [2.24, 2.45) is 0 Å². The van der Waals surface area contributed by atoms with Crippen LogP contribution in [-0.4, -0.2) is 44.5 Å². The van der Waals surface area contributed by atoms with Crippen LogP contribution in [0.2, 0.25) is 0 Å². The molecule has 1 heterocycles. The minimum Gasteiger partial charge on any atom is -0.361 e. The lowest BCUT2D eigenvalue weighted by Gasteiger charge is -2.33. The van der Waals surface area contributed by atoms with E-state index >= 15 is 0 Å². The lowest BCUT2D eigenvalue weighted by atomic mass is 10.1. The van der Waals surface area contributed by atoms with Crippen LogP contribution < -0.4 is 20.9 Å². The van der Waals surface area contributed by atoms with E-state index < -0.39 is 0 Å². The zero-order valence-electron chi connectivity index (χ0n) is 13.3. The van der Waals surface area contributed by atoms with Crippen molar-refractivity contribution in [3.8, 4) is 0 Å². The number of carbonyl (C=O) groups excluding carboxylic acids is 2. The number of rotatable bonds is 4. The molecule has 1 aliphatic rings. The van der Waals surface area contributed by atoms with Gasteiger partial charge in [0.2, 0.25) is 5.91 Å². The molecule has 0 radical (unpaired) electrons. The van der Waals surface area contributed by atoms with E-state index in [9.17, 15) is 9.59 Å². The number of benzene rings is 1. The highest BCUT2D eigenvalue weighted by Gasteiger charge is 2.27. The summed E-state index contributed by atoms with van der Waals surface area (Å²) in [6, 6.07) is 5.35. The molecule has 0 saturated carbocycles. The Balaban J connectivity index is 0.00000242. The van der Waals surface area contributed by atoms with Gasteiger partial charge in [-0.15, -0.1) is 12.4 Å². The molecule has 0 saturated heterocycles. The molecule has 0 aliphatic carbocycles. The number of amides is 2. The number of nitrogens with one attached hydrogen (secondary N) is 3. The summed E-state index contributed by atoms with van der Waals surface area (Å²) in [6.07, 6.45) is 0. The Hall–Kier alpha value is -1.79. The van der Waals surface area contributed by atoms with Crippen LogP contribution >= 0.6 is 12.4 Å². The number of likely N-dealkylation sites (N-methyl/N-ethyl adjacent to an activating group) is 2. The number of halogens is 1. The molecular weight excluding hydrogens is 304 g/mol. The van der Waals surface area contributed by atoms with Crippen LogP contribution in [-0.2, 0) is 4.79 Å². The monoisotopic (exact) mass is 326 g/mol. The van der Waals surface area contributed by atoms with Crippen LogP contribution in [0, 0.1) is 0 Å². The Bertz CT molecular complexity index is 564. The Kier molecular flexibility index (Phi) is 6.20. The van der Waals surface area contributed by atoms with Gasteiger partial charge in [0.15, 0.2) is 0 Å². The quantitative estimate of drug-likeness (QED) is 0.778. The zero-order valence-corrected chi connectivity index (χ0v) is 14.1. The molecule has 1 aromatic carbocycles. The zero-order chi connectivity index (χ0) is 15.6. The minimum atomic E-state index is -0.214. The molecule has 1 aliphatic heterocycles. The Morgan fingerprint density at radius 2 is 2.14 bits per heavy atom. The maximum absolute atomic E-state index is 12.1. The minimum absolute atomic E-state index is 0. The van der Waals surface area contributed by atoms with Crippen LogP contribution in [0.4, 0.5) is 11.4 Å². The SMILES string of the molecule is CNC(C)CNC(=O)c1ccc2c(c1)NC(=O)C(C)N2C.Cl. The van der Waals surface area contributed by atoms with Crippen LogP contribution in [0.5, 0.6) is 0 Å². The third-order valence-electron chi connectivity index (χ3n) is 3.92. The molecule has 6 nitrogen and oxygen atoms in total. The normalized spacial score (nSPS) is 17.9. The average Bonchev–Trinajstić information content (AvgIpc) is 2.49. The lowest BCUT2D eigenvalue weighted by Crippen LogP contribution is -2.44. The van der Waals surface area contributed by atoms with Crippen LogP contribution in [0.25, 0.3) is 0 Å². The summed E-state index contributed by atoms with van der Waals surface area (Å²) < 4.78 is 0. The molecule has 0 bridgehead atoms. The standard InChI is InChI=1S/C15H22N4O2.ClH/c1-9(16-3)8-17-15(21)11-5-6-13-12(7-11)18-14(20)10(2)19(13)4;/h5-7,9-10,16H,8H2,1-4H3,(H,17,21)(H,18,20);1H. The average molecular weight is 327 g/mol. The molecule has 2 unspecified atom stereocenters. The second kappa shape index (κ2) is 7.47. The summed E-state index contributed by atoms with van der Waals surface area (Å²) >= 11 is 0. The van der Waals surface area contributed by atoms with Gasteiger partial charge in [-0.2, -0.15) is 0 Å². The first-order valence-electron chi connectivity index (χ1n) is 7.07. The van der Waals surface area contributed by atoms with Crippen LogP contribution in [0.1, 0.15) is 24.2 Å². The van der Waals surface area contributed by atoms with Gasteiger partial charge in [0.25, 0.3) is 5.91 Å². The van der Waals surface area contributed by atoms with Crippen molar-refractivity contribution in [1.29, 1.82) is 0 Å². The second-order valence-corrected chi connectivity index (χ2v) is 5.41. The summed E-state index contributed by atoms with van der Waals surface area (Å²) in [5.74, 6) is -0.207. The molecule has 1 aromatic rings. The van der Waals surface area contributed by atoms with E-state index in [4.69, 9.17) is 0 Å². The number of carbonyl (C=O) groups is 2. The van der Waals surface area contributed by atoms with Crippen molar-refractivity contribution in [1.82, 2.24) is 10.6 Å². The summed E-state index contributed by atoms with van der Waals surface area (Å²) in [5.41, 5.74) is 2.14. The number of nitrogens with zero attached hydrogens (tertiary/aromatic N) is 1. The molecule has 2 amide bonds. The Morgan fingerprint density at radius 1 is 1.45 bits per heavy atom. The first-order chi connectivity index (χ1) is 9.93. The predicted octanol–water partition coefficient (Wildman–Crippen LogP) is 1.22. The lowest BCUT2D eigenvalue weighted by molar-refractivity contribution is -0.117. The number of anilines is 2. The topological polar surface area (TPSA) is 73.5 Å². The first kappa shape index (κ1) is 18.3. The predicted molar refractivity (Wildman–Crippen MR) is 91.0 cm³/mol. The fourth-order valence-electron chi connectivity index (χ4n) is 2.16.